The highest BCUT2D eigenvalue weighted by molar-refractivity contribution is 9.11. The van der Waals surface area contributed by atoms with Gasteiger partial charge >= 0.3 is 0 Å². The Morgan fingerprint density at radius 2 is 2.47 bits per heavy atom. The number of carbonyl (C=O) groups is 1. The van der Waals surface area contributed by atoms with E-state index >= 15 is 0 Å². The van der Waals surface area contributed by atoms with Crippen molar-refractivity contribution < 1.29 is 4.79 Å². The maximum atomic E-state index is 12.1. The van der Waals surface area contributed by atoms with Gasteiger partial charge in [0.15, 0.2) is 5.78 Å². The zero-order valence-corrected chi connectivity index (χ0v) is 11.8. The zero-order chi connectivity index (χ0) is 10.9. The Balaban J connectivity index is 2.07. The quantitative estimate of drug-likeness (QED) is 0.842. The first kappa shape index (κ1) is 11.7. The minimum Gasteiger partial charge on any atom is -0.298 e. The number of halogens is 1. The van der Waals surface area contributed by atoms with Crippen LogP contribution in [-0.4, -0.2) is 16.3 Å². The summed E-state index contributed by atoms with van der Waals surface area (Å²) < 4.78 is 0.976. The molecule has 82 valence electrons. The molecule has 15 heavy (non-hydrogen) atoms. The van der Waals surface area contributed by atoms with Crippen LogP contribution in [0.1, 0.15) is 25.3 Å². The van der Waals surface area contributed by atoms with Crippen LogP contribution in [0.25, 0.3) is 0 Å². The van der Waals surface area contributed by atoms with Crippen LogP contribution in [0.15, 0.2) is 15.2 Å². The normalized spacial score (nSPS) is 25.7. The van der Waals surface area contributed by atoms with E-state index < -0.39 is 0 Å². The molecule has 1 nitrogen and oxygen atoms in total. The van der Waals surface area contributed by atoms with E-state index in [1.54, 1.807) is 11.3 Å². The van der Waals surface area contributed by atoms with Gasteiger partial charge in [0.2, 0.25) is 0 Å². The minimum atomic E-state index is -0.124. The van der Waals surface area contributed by atoms with Crippen molar-refractivity contribution in [3.63, 3.8) is 0 Å². The molecule has 1 aliphatic rings. The SMILES string of the molecule is CC1(C(=O)Cc2ccsc2Br)CCCS1. The predicted molar refractivity (Wildman–Crippen MR) is 70.8 cm³/mol. The molecule has 0 saturated carbocycles. The molecular formula is C11H13BrOS2. The van der Waals surface area contributed by atoms with Crippen molar-refractivity contribution >= 4 is 44.8 Å². The van der Waals surface area contributed by atoms with Gasteiger partial charge < -0.3 is 0 Å². The van der Waals surface area contributed by atoms with Crippen LogP contribution in [0.3, 0.4) is 0 Å². The molecule has 2 rings (SSSR count). The van der Waals surface area contributed by atoms with E-state index in [2.05, 4.69) is 22.9 Å². The first-order valence-corrected chi connectivity index (χ1v) is 7.67. The lowest BCUT2D eigenvalue weighted by Crippen LogP contribution is -2.30. The van der Waals surface area contributed by atoms with Crippen molar-refractivity contribution in [2.24, 2.45) is 0 Å². The third-order valence-electron chi connectivity index (χ3n) is 2.85. The molecular weight excluding hydrogens is 292 g/mol. The number of thiophene rings is 1. The van der Waals surface area contributed by atoms with Gasteiger partial charge in [0, 0.05) is 6.42 Å². The second kappa shape index (κ2) is 4.60. The second-order valence-corrected chi connectivity index (χ2v) is 7.83. The monoisotopic (exact) mass is 304 g/mol. The molecule has 1 unspecified atom stereocenters. The van der Waals surface area contributed by atoms with Crippen molar-refractivity contribution in [1.29, 1.82) is 0 Å². The summed E-state index contributed by atoms with van der Waals surface area (Å²) in [6.45, 7) is 2.09. The first-order valence-electron chi connectivity index (χ1n) is 5.01. The number of Topliss-reactive ketones (excluding diaryl/α,β-unsaturated/α-hetero) is 1. The van der Waals surface area contributed by atoms with Gasteiger partial charge in [-0.15, -0.1) is 23.1 Å². The summed E-state index contributed by atoms with van der Waals surface area (Å²) in [7, 11) is 0. The average Bonchev–Trinajstić information content (AvgIpc) is 2.78. The molecule has 1 atom stereocenters. The molecule has 1 aromatic heterocycles. The second-order valence-electron chi connectivity index (χ2n) is 4.00. The molecule has 1 aliphatic heterocycles. The van der Waals surface area contributed by atoms with Crippen molar-refractivity contribution in [2.45, 2.75) is 30.9 Å². The number of hydrogen-bond donors (Lipinski definition) is 0. The fourth-order valence-electron chi connectivity index (χ4n) is 1.80. The highest BCUT2D eigenvalue weighted by atomic mass is 79.9. The van der Waals surface area contributed by atoms with Crippen LogP contribution in [0, 0.1) is 0 Å². The van der Waals surface area contributed by atoms with E-state index in [1.807, 2.05) is 23.2 Å². The fraction of sp³-hybridized carbons (Fsp3) is 0.545. The lowest BCUT2D eigenvalue weighted by Gasteiger charge is -2.20. The number of carbonyl (C=O) groups excluding carboxylic acids is 1. The molecule has 0 amide bonds. The molecule has 0 aliphatic carbocycles. The molecule has 1 fully saturated rings. The third-order valence-corrected chi connectivity index (χ3v) is 6.23. The molecule has 0 spiro atoms. The topological polar surface area (TPSA) is 17.1 Å². The largest absolute Gasteiger partial charge is 0.298 e. The highest BCUT2D eigenvalue weighted by Gasteiger charge is 2.36. The van der Waals surface area contributed by atoms with Crippen LogP contribution < -0.4 is 0 Å². The fourth-order valence-corrected chi connectivity index (χ4v) is 4.30. The summed E-state index contributed by atoms with van der Waals surface area (Å²) in [6, 6.07) is 2.04. The first-order chi connectivity index (χ1) is 7.12. The lowest BCUT2D eigenvalue weighted by molar-refractivity contribution is -0.120. The van der Waals surface area contributed by atoms with Gasteiger partial charge in [0.1, 0.15) is 0 Å². The lowest BCUT2D eigenvalue weighted by atomic mass is 9.96. The van der Waals surface area contributed by atoms with Crippen LogP contribution in [0.4, 0.5) is 0 Å². The molecule has 4 heteroatoms. The Kier molecular flexibility index (Phi) is 3.58. The van der Waals surface area contributed by atoms with Gasteiger partial charge in [-0.2, -0.15) is 0 Å². The van der Waals surface area contributed by atoms with Gasteiger partial charge in [-0.25, -0.2) is 0 Å². The molecule has 1 saturated heterocycles. The number of thioether (sulfide) groups is 1. The number of ketones is 1. The molecule has 0 radical (unpaired) electrons. The van der Waals surface area contributed by atoms with E-state index in [1.165, 1.54) is 6.42 Å². The third kappa shape index (κ3) is 2.48. The molecule has 1 aromatic rings. The Labute approximate surface area is 107 Å². The van der Waals surface area contributed by atoms with Gasteiger partial charge in [0.25, 0.3) is 0 Å². The Hall–Kier alpha value is 0.200. The van der Waals surface area contributed by atoms with Crippen molar-refractivity contribution in [2.75, 3.05) is 5.75 Å². The summed E-state index contributed by atoms with van der Waals surface area (Å²) in [4.78, 5) is 12.1. The Morgan fingerprint density at radius 3 is 3.00 bits per heavy atom. The van der Waals surface area contributed by atoms with Crippen LogP contribution in [0.5, 0.6) is 0 Å². The van der Waals surface area contributed by atoms with E-state index in [0.717, 1.165) is 21.5 Å². The van der Waals surface area contributed by atoms with Crippen molar-refractivity contribution in [3.8, 4) is 0 Å². The molecule has 2 heterocycles. The maximum absolute atomic E-state index is 12.1. The summed E-state index contributed by atoms with van der Waals surface area (Å²) in [5, 5.41) is 2.02. The summed E-state index contributed by atoms with van der Waals surface area (Å²) >= 11 is 6.94. The Bertz CT molecular complexity index is 366. The molecule has 0 bridgehead atoms. The smallest absolute Gasteiger partial charge is 0.153 e. The van der Waals surface area contributed by atoms with Gasteiger partial charge in [0.05, 0.1) is 8.53 Å². The Morgan fingerprint density at radius 1 is 1.67 bits per heavy atom. The number of rotatable bonds is 3. The van der Waals surface area contributed by atoms with Gasteiger partial charge in [-0.1, -0.05) is 0 Å². The standard InChI is InChI=1S/C11H13BrOS2/c1-11(4-2-5-15-11)9(13)7-8-3-6-14-10(8)12/h3,6H,2,4-5,7H2,1H3. The summed E-state index contributed by atoms with van der Waals surface area (Å²) in [6.07, 6.45) is 2.80. The van der Waals surface area contributed by atoms with E-state index in [9.17, 15) is 4.79 Å². The van der Waals surface area contributed by atoms with Crippen LogP contribution in [0.2, 0.25) is 0 Å². The van der Waals surface area contributed by atoms with E-state index in [4.69, 9.17) is 0 Å². The van der Waals surface area contributed by atoms with Crippen molar-refractivity contribution in [3.05, 3.63) is 20.8 Å². The van der Waals surface area contributed by atoms with Gasteiger partial charge in [-0.05, 0) is 58.5 Å². The van der Waals surface area contributed by atoms with E-state index in [0.29, 0.717) is 12.2 Å². The maximum Gasteiger partial charge on any atom is 0.153 e. The summed E-state index contributed by atoms with van der Waals surface area (Å²) in [5.74, 6) is 1.51. The van der Waals surface area contributed by atoms with Crippen LogP contribution >= 0.6 is 39.0 Å². The molecule has 0 aromatic carbocycles. The minimum absolute atomic E-state index is 0.124. The van der Waals surface area contributed by atoms with Crippen LogP contribution in [-0.2, 0) is 11.2 Å². The highest BCUT2D eigenvalue weighted by Crippen LogP contribution is 2.39. The van der Waals surface area contributed by atoms with Crippen molar-refractivity contribution in [1.82, 2.24) is 0 Å². The zero-order valence-electron chi connectivity index (χ0n) is 8.59. The summed E-state index contributed by atoms with van der Waals surface area (Å²) in [5.41, 5.74) is 1.14. The molecule has 0 N–H and O–H groups in total. The number of hydrogen-bond acceptors (Lipinski definition) is 3. The average molecular weight is 305 g/mol. The predicted octanol–water partition coefficient (Wildman–Crippen LogP) is 3.91. The van der Waals surface area contributed by atoms with Gasteiger partial charge in [-0.3, -0.25) is 4.79 Å². The van der Waals surface area contributed by atoms with E-state index in [-0.39, 0.29) is 4.75 Å².